The summed E-state index contributed by atoms with van der Waals surface area (Å²) >= 11 is 0. The van der Waals surface area contributed by atoms with E-state index in [-0.39, 0.29) is 4.90 Å². The molecule has 0 saturated carbocycles. The molecule has 9 heteroatoms. The van der Waals surface area contributed by atoms with Crippen molar-refractivity contribution in [2.75, 3.05) is 31.6 Å². The van der Waals surface area contributed by atoms with Gasteiger partial charge >= 0.3 is 5.97 Å². The molecule has 1 fully saturated rings. The number of carbonyl (C=O) groups is 2. The minimum Gasteiger partial charge on any atom is -0.454 e. The van der Waals surface area contributed by atoms with Crippen LogP contribution in [0.2, 0.25) is 0 Å². The Bertz CT molecular complexity index is 722. The van der Waals surface area contributed by atoms with E-state index < -0.39 is 34.6 Å². The van der Waals surface area contributed by atoms with Crippen LogP contribution >= 0.6 is 0 Å². The standard InChI is InChI=1S/C17H24N2O6S/c1-3-19(4-2)26(22,23)14-9-7-13(8-10-14)18-16(20)12-25-17(21)15-6-5-11-24-15/h7-10,15H,3-6,11-12H2,1-2H3,(H,18,20)/t15-/m0/s1. The zero-order valence-corrected chi connectivity index (χ0v) is 15.8. The molecular formula is C17H24N2O6S. The first-order valence-corrected chi connectivity index (χ1v) is 10.0. The van der Waals surface area contributed by atoms with Gasteiger partial charge in [0.1, 0.15) is 0 Å². The summed E-state index contributed by atoms with van der Waals surface area (Å²) in [4.78, 5) is 23.7. The maximum atomic E-state index is 12.4. The Morgan fingerprint density at radius 2 is 1.88 bits per heavy atom. The number of rotatable bonds is 8. The third kappa shape index (κ3) is 5.03. The minimum atomic E-state index is -3.54. The van der Waals surface area contributed by atoms with E-state index >= 15 is 0 Å². The van der Waals surface area contributed by atoms with Gasteiger partial charge in [0.25, 0.3) is 5.91 Å². The largest absolute Gasteiger partial charge is 0.454 e. The number of hydrogen-bond donors (Lipinski definition) is 1. The first-order chi connectivity index (χ1) is 12.4. The lowest BCUT2D eigenvalue weighted by molar-refractivity contribution is -0.156. The van der Waals surface area contributed by atoms with Crippen molar-refractivity contribution in [3.8, 4) is 0 Å². The number of nitrogens with zero attached hydrogens (tertiary/aromatic N) is 1. The molecule has 8 nitrogen and oxygen atoms in total. The van der Waals surface area contributed by atoms with E-state index in [9.17, 15) is 18.0 Å². The van der Waals surface area contributed by atoms with Gasteiger partial charge in [-0.25, -0.2) is 13.2 Å². The average Bonchev–Trinajstić information content (AvgIpc) is 3.16. The second-order valence-corrected chi connectivity index (χ2v) is 7.71. The van der Waals surface area contributed by atoms with Crippen LogP contribution in [0.25, 0.3) is 0 Å². The van der Waals surface area contributed by atoms with Gasteiger partial charge in [0.05, 0.1) is 4.90 Å². The highest BCUT2D eigenvalue weighted by Gasteiger charge is 2.25. The molecule has 0 spiro atoms. The van der Waals surface area contributed by atoms with Crippen molar-refractivity contribution in [1.29, 1.82) is 0 Å². The fourth-order valence-corrected chi connectivity index (χ4v) is 4.07. The van der Waals surface area contributed by atoms with Gasteiger partial charge in [-0.05, 0) is 37.1 Å². The smallest absolute Gasteiger partial charge is 0.335 e. The van der Waals surface area contributed by atoms with E-state index in [1.807, 2.05) is 0 Å². The molecule has 26 heavy (non-hydrogen) atoms. The Morgan fingerprint density at radius 3 is 2.42 bits per heavy atom. The molecule has 1 aromatic rings. The molecule has 0 aliphatic carbocycles. The van der Waals surface area contributed by atoms with Crippen LogP contribution in [0, 0.1) is 0 Å². The number of sulfonamides is 1. The Labute approximate surface area is 153 Å². The SMILES string of the molecule is CCN(CC)S(=O)(=O)c1ccc(NC(=O)COC(=O)[C@@H]2CCCO2)cc1. The summed E-state index contributed by atoms with van der Waals surface area (Å²) in [6, 6.07) is 5.86. The van der Waals surface area contributed by atoms with Gasteiger partial charge in [-0.15, -0.1) is 0 Å². The second-order valence-electron chi connectivity index (χ2n) is 5.77. The van der Waals surface area contributed by atoms with Crippen molar-refractivity contribution in [1.82, 2.24) is 4.31 Å². The van der Waals surface area contributed by atoms with E-state index in [0.717, 1.165) is 6.42 Å². The molecule has 0 radical (unpaired) electrons. The third-order valence-electron chi connectivity index (χ3n) is 4.02. The van der Waals surface area contributed by atoms with Crippen molar-refractivity contribution in [2.24, 2.45) is 0 Å². The van der Waals surface area contributed by atoms with Gasteiger partial charge in [0.2, 0.25) is 10.0 Å². The van der Waals surface area contributed by atoms with Crippen molar-refractivity contribution >= 4 is 27.6 Å². The number of hydrogen-bond acceptors (Lipinski definition) is 6. The Kier molecular flexibility index (Phi) is 7.13. The normalized spacial score (nSPS) is 17.3. The van der Waals surface area contributed by atoms with Gasteiger partial charge in [0.15, 0.2) is 12.7 Å². The lowest BCUT2D eigenvalue weighted by Gasteiger charge is -2.18. The summed E-state index contributed by atoms with van der Waals surface area (Å²) in [5, 5.41) is 2.56. The predicted molar refractivity (Wildman–Crippen MR) is 95.1 cm³/mol. The number of nitrogens with one attached hydrogen (secondary N) is 1. The maximum Gasteiger partial charge on any atom is 0.335 e. The molecule has 1 N–H and O–H groups in total. The Morgan fingerprint density at radius 1 is 1.23 bits per heavy atom. The van der Waals surface area contributed by atoms with Gasteiger partial charge < -0.3 is 14.8 Å². The summed E-state index contributed by atoms with van der Waals surface area (Å²) < 4.78 is 36.3. The summed E-state index contributed by atoms with van der Waals surface area (Å²) in [6.45, 7) is 4.41. The molecule has 1 aromatic carbocycles. The highest BCUT2D eigenvalue weighted by Crippen LogP contribution is 2.18. The summed E-state index contributed by atoms with van der Waals surface area (Å²) in [5.41, 5.74) is 0.418. The van der Waals surface area contributed by atoms with Gasteiger partial charge in [0, 0.05) is 25.4 Å². The van der Waals surface area contributed by atoms with Crippen LogP contribution in [-0.2, 0) is 29.1 Å². The highest BCUT2D eigenvalue weighted by molar-refractivity contribution is 7.89. The Balaban J connectivity index is 1.90. The van der Waals surface area contributed by atoms with Gasteiger partial charge in [-0.1, -0.05) is 13.8 Å². The third-order valence-corrected chi connectivity index (χ3v) is 6.08. The van der Waals surface area contributed by atoms with Crippen molar-refractivity contribution in [3.05, 3.63) is 24.3 Å². The van der Waals surface area contributed by atoms with Crippen molar-refractivity contribution < 1.29 is 27.5 Å². The molecule has 1 atom stereocenters. The molecule has 0 aromatic heterocycles. The molecular weight excluding hydrogens is 360 g/mol. The quantitative estimate of drug-likeness (QED) is 0.680. The fraction of sp³-hybridized carbons (Fsp3) is 0.529. The van der Waals surface area contributed by atoms with Crippen LogP contribution in [0.1, 0.15) is 26.7 Å². The van der Waals surface area contributed by atoms with E-state index in [1.54, 1.807) is 13.8 Å². The van der Waals surface area contributed by atoms with Gasteiger partial charge in [-0.3, -0.25) is 4.79 Å². The maximum absolute atomic E-state index is 12.4. The zero-order chi connectivity index (χ0) is 19.2. The van der Waals surface area contributed by atoms with E-state index in [1.165, 1.54) is 28.6 Å². The van der Waals surface area contributed by atoms with Crippen LogP contribution in [0.3, 0.4) is 0 Å². The number of esters is 1. The van der Waals surface area contributed by atoms with Crippen LogP contribution in [0.4, 0.5) is 5.69 Å². The monoisotopic (exact) mass is 384 g/mol. The molecule has 2 rings (SSSR count). The molecule has 0 unspecified atom stereocenters. The van der Waals surface area contributed by atoms with Crippen molar-refractivity contribution in [2.45, 2.75) is 37.7 Å². The lowest BCUT2D eigenvalue weighted by atomic mass is 10.2. The van der Waals surface area contributed by atoms with E-state index in [4.69, 9.17) is 9.47 Å². The predicted octanol–water partition coefficient (Wildman–Crippen LogP) is 1.38. The Hall–Kier alpha value is -1.97. The van der Waals surface area contributed by atoms with E-state index in [2.05, 4.69) is 5.32 Å². The summed E-state index contributed by atoms with van der Waals surface area (Å²) in [5.74, 6) is -1.05. The molecule has 1 heterocycles. The molecule has 1 aliphatic rings. The minimum absolute atomic E-state index is 0.156. The molecule has 144 valence electrons. The number of anilines is 1. The second kappa shape index (κ2) is 9.11. The average molecular weight is 384 g/mol. The summed E-state index contributed by atoms with van der Waals surface area (Å²) in [7, 11) is -3.54. The highest BCUT2D eigenvalue weighted by atomic mass is 32.2. The lowest BCUT2D eigenvalue weighted by Crippen LogP contribution is -2.30. The van der Waals surface area contributed by atoms with Crippen LogP contribution in [0.5, 0.6) is 0 Å². The van der Waals surface area contributed by atoms with E-state index in [0.29, 0.717) is 31.8 Å². The van der Waals surface area contributed by atoms with Crippen molar-refractivity contribution in [3.63, 3.8) is 0 Å². The first-order valence-electron chi connectivity index (χ1n) is 8.56. The zero-order valence-electron chi connectivity index (χ0n) is 14.9. The topological polar surface area (TPSA) is 102 Å². The first kappa shape index (κ1) is 20.3. The number of ether oxygens (including phenoxy) is 2. The number of carbonyl (C=O) groups excluding carboxylic acids is 2. The van der Waals surface area contributed by atoms with Crippen LogP contribution in [-0.4, -0.2) is 57.0 Å². The van der Waals surface area contributed by atoms with Gasteiger partial charge in [-0.2, -0.15) is 4.31 Å². The molecule has 1 saturated heterocycles. The number of benzene rings is 1. The molecule has 0 bridgehead atoms. The van der Waals surface area contributed by atoms with Crippen LogP contribution in [0.15, 0.2) is 29.2 Å². The van der Waals surface area contributed by atoms with Crippen LogP contribution < -0.4 is 5.32 Å². The summed E-state index contributed by atoms with van der Waals surface area (Å²) in [6.07, 6.45) is 0.810. The molecule has 1 aliphatic heterocycles. The molecule has 1 amide bonds. The fourth-order valence-electron chi connectivity index (χ4n) is 2.61. The number of amides is 1.